The fourth-order valence-electron chi connectivity index (χ4n) is 1.08. The van der Waals surface area contributed by atoms with Crippen LogP contribution in [0.3, 0.4) is 0 Å². The maximum atomic E-state index is 9.47. The largest absolute Gasteiger partial charge is 0.469 e. The van der Waals surface area contributed by atoms with E-state index in [2.05, 4.69) is 6.92 Å². The van der Waals surface area contributed by atoms with Crippen molar-refractivity contribution in [3.63, 3.8) is 0 Å². The lowest BCUT2D eigenvalue weighted by Crippen LogP contribution is -1.93. The van der Waals surface area contributed by atoms with Crippen molar-refractivity contribution in [1.29, 1.82) is 0 Å². The Hall–Kier alpha value is -0.760. The van der Waals surface area contributed by atoms with Crippen molar-refractivity contribution in [2.45, 2.75) is 32.8 Å². The van der Waals surface area contributed by atoms with E-state index in [1.165, 1.54) is 0 Å². The SMILES string of the molecule is CCCC(O)c1coc(C)c1. The summed E-state index contributed by atoms with van der Waals surface area (Å²) in [6.07, 6.45) is 3.07. The quantitative estimate of drug-likeness (QED) is 0.725. The lowest BCUT2D eigenvalue weighted by Gasteiger charge is -2.03. The Morgan fingerprint density at radius 1 is 1.64 bits per heavy atom. The summed E-state index contributed by atoms with van der Waals surface area (Å²) in [5.41, 5.74) is 0.893. The highest BCUT2D eigenvalue weighted by atomic mass is 16.3. The average Bonchev–Trinajstić information content (AvgIpc) is 2.36. The second-order valence-electron chi connectivity index (χ2n) is 2.80. The van der Waals surface area contributed by atoms with Gasteiger partial charge in [-0.05, 0) is 19.4 Å². The molecule has 1 rings (SSSR count). The Labute approximate surface area is 66.8 Å². The Balaban J connectivity index is 2.60. The molecule has 1 aromatic heterocycles. The molecule has 0 aliphatic heterocycles. The van der Waals surface area contributed by atoms with Gasteiger partial charge in [0, 0.05) is 5.56 Å². The zero-order valence-electron chi connectivity index (χ0n) is 7.00. The Morgan fingerprint density at radius 2 is 2.36 bits per heavy atom. The molecule has 0 fully saturated rings. The predicted octanol–water partition coefficient (Wildman–Crippen LogP) is 2.42. The van der Waals surface area contributed by atoms with Gasteiger partial charge < -0.3 is 9.52 Å². The summed E-state index contributed by atoms with van der Waals surface area (Å²) in [6, 6.07) is 1.88. The second kappa shape index (κ2) is 3.58. The van der Waals surface area contributed by atoms with Gasteiger partial charge in [0.1, 0.15) is 5.76 Å². The van der Waals surface area contributed by atoms with Crippen molar-refractivity contribution in [1.82, 2.24) is 0 Å². The molecule has 0 spiro atoms. The van der Waals surface area contributed by atoms with Gasteiger partial charge in [-0.1, -0.05) is 13.3 Å². The monoisotopic (exact) mass is 154 g/mol. The van der Waals surface area contributed by atoms with Crippen molar-refractivity contribution in [3.05, 3.63) is 23.7 Å². The van der Waals surface area contributed by atoms with Gasteiger partial charge in [-0.2, -0.15) is 0 Å². The molecule has 0 radical (unpaired) electrons. The third-order valence-corrected chi connectivity index (χ3v) is 1.70. The summed E-state index contributed by atoms with van der Waals surface area (Å²) in [5.74, 6) is 0.857. The number of aliphatic hydroxyl groups excluding tert-OH is 1. The highest BCUT2D eigenvalue weighted by molar-refractivity contribution is 5.14. The van der Waals surface area contributed by atoms with Crippen LogP contribution in [0.5, 0.6) is 0 Å². The molecule has 0 aromatic carbocycles. The molecular formula is C9H14O2. The van der Waals surface area contributed by atoms with Crippen LogP contribution in [0, 0.1) is 6.92 Å². The summed E-state index contributed by atoms with van der Waals surface area (Å²) in [7, 11) is 0. The summed E-state index contributed by atoms with van der Waals surface area (Å²) in [4.78, 5) is 0. The third kappa shape index (κ3) is 2.09. The zero-order chi connectivity index (χ0) is 8.27. The van der Waals surface area contributed by atoms with Crippen molar-refractivity contribution in [2.75, 3.05) is 0 Å². The fraction of sp³-hybridized carbons (Fsp3) is 0.556. The molecule has 0 saturated heterocycles. The standard InChI is InChI=1S/C9H14O2/c1-3-4-9(10)8-5-7(2)11-6-8/h5-6,9-10H,3-4H2,1-2H3. The molecule has 1 aromatic rings. The van der Waals surface area contributed by atoms with Crippen LogP contribution in [0.15, 0.2) is 16.7 Å². The highest BCUT2D eigenvalue weighted by Gasteiger charge is 2.07. The van der Waals surface area contributed by atoms with Crippen LogP contribution >= 0.6 is 0 Å². The lowest BCUT2D eigenvalue weighted by molar-refractivity contribution is 0.165. The average molecular weight is 154 g/mol. The first-order valence-corrected chi connectivity index (χ1v) is 3.97. The fourth-order valence-corrected chi connectivity index (χ4v) is 1.08. The van der Waals surface area contributed by atoms with Crippen molar-refractivity contribution >= 4 is 0 Å². The minimum Gasteiger partial charge on any atom is -0.469 e. The molecule has 0 saturated carbocycles. The highest BCUT2D eigenvalue weighted by Crippen LogP contribution is 2.19. The van der Waals surface area contributed by atoms with Gasteiger partial charge in [0.2, 0.25) is 0 Å². The van der Waals surface area contributed by atoms with Crippen LogP contribution in [0.25, 0.3) is 0 Å². The maximum Gasteiger partial charge on any atom is 0.101 e. The zero-order valence-corrected chi connectivity index (χ0v) is 7.00. The molecule has 11 heavy (non-hydrogen) atoms. The summed E-state index contributed by atoms with van der Waals surface area (Å²) in [6.45, 7) is 3.93. The Morgan fingerprint density at radius 3 is 2.82 bits per heavy atom. The summed E-state index contributed by atoms with van der Waals surface area (Å²) < 4.78 is 5.07. The minimum absolute atomic E-state index is 0.350. The first-order valence-electron chi connectivity index (χ1n) is 3.97. The molecule has 0 amide bonds. The molecule has 0 aliphatic carbocycles. The normalized spacial score (nSPS) is 13.4. The first kappa shape index (κ1) is 8.34. The Bertz CT molecular complexity index is 215. The molecular weight excluding hydrogens is 140 g/mol. The van der Waals surface area contributed by atoms with Crippen LogP contribution in [0.2, 0.25) is 0 Å². The van der Waals surface area contributed by atoms with Crippen LogP contribution in [0.4, 0.5) is 0 Å². The van der Waals surface area contributed by atoms with Crippen LogP contribution in [-0.2, 0) is 0 Å². The van der Waals surface area contributed by atoms with Crippen molar-refractivity contribution < 1.29 is 9.52 Å². The molecule has 1 unspecified atom stereocenters. The molecule has 1 atom stereocenters. The van der Waals surface area contributed by atoms with E-state index in [0.29, 0.717) is 0 Å². The molecule has 0 aliphatic rings. The summed E-state index contributed by atoms with van der Waals surface area (Å²) >= 11 is 0. The van der Waals surface area contributed by atoms with Crippen molar-refractivity contribution in [3.8, 4) is 0 Å². The lowest BCUT2D eigenvalue weighted by atomic mass is 10.1. The minimum atomic E-state index is -0.350. The molecule has 2 heteroatoms. The van der Waals surface area contributed by atoms with E-state index in [9.17, 15) is 5.11 Å². The van der Waals surface area contributed by atoms with E-state index in [-0.39, 0.29) is 6.10 Å². The predicted molar refractivity (Wildman–Crippen MR) is 43.3 cm³/mol. The number of aryl methyl sites for hydroxylation is 1. The summed E-state index contributed by atoms with van der Waals surface area (Å²) in [5, 5.41) is 9.47. The smallest absolute Gasteiger partial charge is 0.101 e. The maximum absolute atomic E-state index is 9.47. The Kier molecular flexibility index (Phi) is 2.71. The van der Waals surface area contributed by atoms with Crippen molar-refractivity contribution in [2.24, 2.45) is 0 Å². The topological polar surface area (TPSA) is 33.4 Å². The van der Waals surface area contributed by atoms with E-state index in [4.69, 9.17) is 4.42 Å². The van der Waals surface area contributed by atoms with Gasteiger partial charge in [-0.3, -0.25) is 0 Å². The molecule has 0 bridgehead atoms. The number of aliphatic hydroxyl groups is 1. The number of hydrogen-bond acceptors (Lipinski definition) is 2. The number of hydrogen-bond donors (Lipinski definition) is 1. The number of furan rings is 1. The van der Waals surface area contributed by atoms with Crippen LogP contribution < -0.4 is 0 Å². The molecule has 62 valence electrons. The number of rotatable bonds is 3. The third-order valence-electron chi connectivity index (χ3n) is 1.70. The first-order chi connectivity index (χ1) is 5.24. The van der Waals surface area contributed by atoms with Crippen LogP contribution in [0.1, 0.15) is 37.2 Å². The van der Waals surface area contributed by atoms with Gasteiger partial charge in [0.25, 0.3) is 0 Å². The van der Waals surface area contributed by atoms with E-state index < -0.39 is 0 Å². The molecule has 2 nitrogen and oxygen atoms in total. The van der Waals surface area contributed by atoms with Gasteiger partial charge in [-0.15, -0.1) is 0 Å². The van der Waals surface area contributed by atoms with E-state index in [1.54, 1.807) is 6.26 Å². The molecule has 1 N–H and O–H groups in total. The van der Waals surface area contributed by atoms with Gasteiger partial charge in [0.05, 0.1) is 12.4 Å². The van der Waals surface area contributed by atoms with Gasteiger partial charge in [-0.25, -0.2) is 0 Å². The van der Waals surface area contributed by atoms with Crippen LogP contribution in [-0.4, -0.2) is 5.11 Å². The van der Waals surface area contributed by atoms with Gasteiger partial charge in [0.15, 0.2) is 0 Å². The van der Waals surface area contributed by atoms with E-state index >= 15 is 0 Å². The molecule has 1 heterocycles. The van der Waals surface area contributed by atoms with E-state index in [0.717, 1.165) is 24.2 Å². The van der Waals surface area contributed by atoms with E-state index in [1.807, 2.05) is 13.0 Å². The van der Waals surface area contributed by atoms with Gasteiger partial charge >= 0.3 is 0 Å². The second-order valence-corrected chi connectivity index (χ2v) is 2.80.